The molecule has 1 aromatic rings. The molecule has 1 heterocycles. The van der Waals surface area contributed by atoms with E-state index >= 15 is 0 Å². The topological polar surface area (TPSA) is 58.4 Å². The maximum Gasteiger partial charge on any atom is 0.272 e. The maximum absolute atomic E-state index is 13.2. The monoisotopic (exact) mass is 239 g/mol. The van der Waals surface area contributed by atoms with E-state index in [0.29, 0.717) is 12.1 Å². The Labute approximate surface area is 98.4 Å². The Hall–Kier alpha value is -1.53. The first kappa shape index (κ1) is 11.9. The van der Waals surface area contributed by atoms with E-state index in [4.69, 9.17) is 0 Å². The fourth-order valence-corrected chi connectivity index (χ4v) is 1.96. The number of benzene rings is 1. The van der Waals surface area contributed by atoms with Crippen LogP contribution in [-0.4, -0.2) is 36.0 Å². The van der Waals surface area contributed by atoms with Gasteiger partial charge in [-0.2, -0.15) is 0 Å². The minimum absolute atomic E-state index is 0.185. The Kier molecular flexibility index (Phi) is 3.65. The number of nitro groups is 1. The molecular weight excluding hydrogens is 225 g/mol. The summed E-state index contributed by atoms with van der Waals surface area (Å²) < 4.78 is 13.2. The molecule has 0 radical (unpaired) electrons. The predicted molar refractivity (Wildman–Crippen MR) is 61.2 cm³/mol. The SMILES string of the molecule is O=[N+]([O-])c1cc(F)cc(CN2CCNCC2)c1. The second-order valence-corrected chi connectivity index (χ2v) is 4.10. The number of nitro benzene ring substituents is 1. The van der Waals surface area contributed by atoms with Crippen LogP contribution in [0.4, 0.5) is 10.1 Å². The van der Waals surface area contributed by atoms with Gasteiger partial charge in [-0.25, -0.2) is 4.39 Å². The lowest BCUT2D eigenvalue weighted by Crippen LogP contribution is -2.42. The fourth-order valence-electron chi connectivity index (χ4n) is 1.96. The first-order chi connectivity index (χ1) is 8.15. The molecule has 0 amide bonds. The van der Waals surface area contributed by atoms with Crippen molar-refractivity contribution in [3.05, 3.63) is 39.7 Å². The minimum Gasteiger partial charge on any atom is -0.314 e. The minimum atomic E-state index is -0.565. The average molecular weight is 239 g/mol. The Morgan fingerprint density at radius 1 is 1.35 bits per heavy atom. The molecule has 2 rings (SSSR count). The number of non-ortho nitro benzene ring substituents is 1. The molecule has 0 aliphatic carbocycles. The smallest absolute Gasteiger partial charge is 0.272 e. The summed E-state index contributed by atoms with van der Waals surface area (Å²) in [5.74, 6) is -0.552. The Morgan fingerprint density at radius 3 is 2.71 bits per heavy atom. The molecule has 1 aliphatic heterocycles. The number of halogens is 1. The number of nitrogens with one attached hydrogen (secondary N) is 1. The zero-order chi connectivity index (χ0) is 12.3. The molecule has 0 spiro atoms. The van der Waals surface area contributed by atoms with E-state index in [1.807, 2.05) is 0 Å². The van der Waals surface area contributed by atoms with Crippen molar-refractivity contribution < 1.29 is 9.31 Å². The van der Waals surface area contributed by atoms with E-state index in [1.54, 1.807) is 0 Å². The lowest BCUT2D eigenvalue weighted by molar-refractivity contribution is -0.385. The molecule has 0 unspecified atom stereocenters. The van der Waals surface area contributed by atoms with Gasteiger partial charge < -0.3 is 5.32 Å². The number of hydrogen-bond donors (Lipinski definition) is 1. The van der Waals surface area contributed by atoms with E-state index in [9.17, 15) is 14.5 Å². The molecule has 1 aromatic carbocycles. The van der Waals surface area contributed by atoms with Crippen LogP contribution in [0.1, 0.15) is 5.56 Å². The van der Waals surface area contributed by atoms with E-state index in [0.717, 1.165) is 32.2 Å². The van der Waals surface area contributed by atoms with Crippen LogP contribution < -0.4 is 5.32 Å². The molecule has 0 aromatic heterocycles. The van der Waals surface area contributed by atoms with Crippen LogP contribution >= 0.6 is 0 Å². The largest absolute Gasteiger partial charge is 0.314 e. The first-order valence-corrected chi connectivity index (χ1v) is 5.52. The van der Waals surface area contributed by atoms with Crippen LogP contribution in [0, 0.1) is 15.9 Å². The van der Waals surface area contributed by atoms with Crippen molar-refractivity contribution in [3.8, 4) is 0 Å². The number of piperazine rings is 1. The average Bonchev–Trinajstić information content (AvgIpc) is 2.29. The van der Waals surface area contributed by atoms with E-state index in [-0.39, 0.29) is 5.69 Å². The summed E-state index contributed by atoms with van der Waals surface area (Å²) in [5.41, 5.74) is 0.466. The summed E-state index contributed by atoms with van der Waals surface area (Å²) in [5, 5.41) is 13.8. The quantitative estimate of drug-likeness (QED) is 0.634. The van der Waals surface area contributed by atoms with Gasteiger partial charge in [-0.15, -0.1) is 0 Å². The number of nitrogens with zero attached hydrogens (tertiary/aromatic N) is 2. The zero-order valence-electron chi connectivity index (χ0n) is 9.36. The highest BCUT2D eigenvalue weighted by Gasteiger charge is 2.14. The highest BCUT2D eigenvalue weighted by Crippen LogP contribution is 2.17. The van der Waals surface area contributed by atoms with Gasteiger partial charge in [-0.3, -0.25) is 15.0 Å². The molecule has 92 valence electrons. The standard InChI is InChI=1S/C11H14FN3O2/c12-10-5-9(6-11(7-10)15(16)17)8-14-3-1-13-2-4-14/h5-7,13H,1-4,8H2. The molecule has 0 bridgehead atoms. The normalized spacial score (nSPS) is 17.0. The summed E-state index contributed by atoms with van der Waals surface area (Å²) in [6.07, 6.45) is 0. The Morgan fingerprint density at radius 2 is 2.06 bits per heavy atom. The van der Waals surface area contributed by atoms with Crippen LogP contribution in [0.3, 0.4) is 0 Å². The van der Waals surface area contributed by atoms with Gasteiger partial charge in [0.25, 0.3) is 5.69 Å². The van der Waals surface area contributed by atoms with Crippen molar-refractivity contribution in [2.75, 3.05) is 26.2 Å². The van der Waals surface area contributed by atoms with Gasteiger partial charge >= 0.3 is 0 Å². The molecule has 0 saturated carbocycles. The zero-order valence-corrected chi connectivity index (χ0v) is 9.36. The van der Waals surface area contributed by atoms with Gasteiger partial charge in [0.1, 0.15) is 5.82 Å². The van der Waals surface area contributed by atoms with E-state index in [1.165, 1.54) is 12.1 Å². The lowest BCUT2D eigenvalue weighted by atomic mass is 10.1. The highest BCUT2D eigenvalue weighted by molar-refractivity contribution is 5.35. The van der Waals surface area contributed by atoms with Gasteiger partial charge in [0.2, 0.25) is 0 Å². The summed E-state index contributed by atoms with van der Waals surface area (Å²) in [4.78, 5) is 12.2. The van der Waals surface area contributed by atoms with Crippen molar-refractivity contribution in [2.45, 2.75) is 6.54 Å². The molecule has 5 nitrogen and oxygen atoms in total. The van der Waals surface area contributed by atoms with Crippen LogP contribution in [0.2, 0.25) is 0 Å². The second kappa shape index (κ2) is 5.20. The molecule has 1 saturated heterocycles. The second-order valence-electron chi connectivity index (χ2n) is 4.10. The summed E-state index contributed by atoms with van der Waals surface area (Å²) >= 11 is 0. The van der Waals surface area contributed by atoms with E-state index in [2.05, 4.69) is 10.2 Å². The van der Waals surface area contributed by atoms with Gasteiger partial charge in [0, 0.05) is 38.8 Å². The summed E-state index contributed by atoms with van der Waals surface area (Å²) in [6, 6.07) is 3.74. The molecule has 1 aliphatic rings. The third-order valence-corrected chi connectivity index (χ3v) is 2.77. The van der Waals surface area contributed by atoms with Crippen LogP contribution in [0.25, 0.3) is 0 Å². The third-order valence-electron chi connectivity index (χ3n) is 2.77. The number of hydrogen-bond acceptors (Lipinski definition) is 4. The van der Waals surface area contributed by atoms with Crippen LogP contribution in [0.15, 0.2) is 18.2 Å². The molecule has 1 fully saturated rings. The molecule has 6 heteroatoms. The van der Waals surface area contributed by atoms with Crippen molar-refractivity contribution in [3.63, 3.8) is 0 Å². The lowest BCUT2D eigenvalue weighted by Gasteiger charge is -2.27. The van der Waals surface area contributed by atoms with Gasteiger partial charge in [0.15, 0.2) is 0 Å². The maximum atomic E-state index is 13.2. The number of rotatable bonds is 3. The van der Waals surface area contributed by atoms with Gasteiger partial charge in [-0.1, -0.05) is 0 Å². The van der Waals surface area contributed by atoms with Crippen molar-refractivity contribution in [1.29, 1.82) is 0 Å². The Bertz CT molecular complexity index is 419. The van der Waals surface area contributed by atoms with Crippen molar-refractivity contribution in [2.24, 2.45) is 0 Å². The first-order valence-electron chi connectivity index (χ1n) is 5.52. The van der Waals surface area contributed by atoms with Gasteiger partial charge in [-0.05, 0) is 11.6 Å². The molecule has 0 atom stereocenters. The highest BCUT2D eigenvalue weighted by atomic mass is 19.1. The molecular formula is C11H14FN3O2. The van der Waals surface area contributed by atoms with Gasteiger partial charge in [0.05, 0.1) is 11.0 Å². The van der Waals surface area contributed by atoms with Crippen molar-refractivity contribution >= 4 is 5.69 Å². The van der Waals surface area contributed by atoms with Crippen molar-refractivity contribution in [1.82, 2.24) is 10.2 Å². The fraction of sp³-hybridized carbons (Fsp3) is 0.455. The predicted octanol–water partition coefficient (Wildman–Crippen LogP) is 1.14. The Balaban J connectivity index is 2.11. The van der Waals surface area contributed by atoms with E-state index < -0.39 is 10.7 Å². The summed E-state index contributed by atoms with van der Waals surface area (Å²) in [7, 11) is 0. The van der Waals surface area contributed by atoms with Crippen LogP contribution in [-0.2, 0) is 6.54 Å². The summed E-state index contributed by atoms with van der Waals surface area (Å²) in [6.45, 7) is 4.11. The molecule has 1 N–H and O–H groups in total. The molecule has 17 heavy (non-hydrogen) atoms. The van der Waals surface area contributed by atoms with Crippen LogP contribution in [0.5, 0.6) is 0 Å². The third kappa shape index (κ3) is 3.21.